The van der Waals surface area contributed by atoms with Gasteiger partial charge in [-0.3, -0.25) is 9.69 Å². The van der Waals surface area contributed by atoms with Crippen LogP contribution in [0, 0.1) is 11.3 Å². The van der Waals surface area contributed by atoms with E-state index >= 15 is 0 Å². The van der Waals surface area contributed by atoms with Crippen molar-refractivity contribution in [3.05, 3.63) is 0 Å². The first-order valence-corrected chi connectivity index (χ1v) is 6.01. The zero-order valence-corrected chi connectivity index (χ0v) is 10.1. The van der Waals surface area contributed by atoms with Gasteiger partial charge in [-0.1, -0.05) is 6.92 Å². The van der Waals surface area contributed by atoms with Crippen molar-refractivity contribution >= 4 is 5.97 Å². The van der Waals surface area contributed by atoms with Crippen LogP contribution in [0.2, 0.25) is 0 Å². The van der Waals surface area contributed by atoms with Crippen LogP contribution in [0.25, 0.3) is 0 Å². The van der Waals surface area contributed by atoms with E-state index in [2.05, 4.69) is 17.9 Å². The summed E-state index contributed by atoms with van der Waals surface area (Å²) in [5.74, 6) is -0.175. The Labute approximate surface area is 97.2 Å². The molecule has 1 atom stereocenters. The average molecular weight is 224 g/mol. The molecule has 0 aromatic carbocycles. The Kier molecular flexibility index (Phi) is 5.27. The van der Waals surface area contributed by atoms with Gasteiger partial charge in [0, 0.05) is 12.1 Å². The number of hydrogen-bond donors (Lipinski definition) is 0. The highest BCUT2D eigenvalue weighted by Crippen LogP contribution is 2.30. The maximum Gasteiger partial charge on any atom is 0.320 e. The Morgan fingerprint density at radius 3 is 2.69 bits per heavy atom. The van der Waals surface area contributed by atoms with Crippen LogP contribution in [0.15, 0.2) is 0 Å². The van der Waals surface area contributed by atoms with E-state index in [1.54, 1.807) is 0 Å². The summed E-state index contributed by atoms with van der Waals surface area (Å²) >= 11 is 0. The molecule has 4 nitrogen and oxygen atoms in total. The quantitative estimate of drug-likeness (QED) is 0.618. The summed E-state index contributed by atoms with van der Waals surface area (Å²) in [7, 11) is 0. The molecule has 4 heteroatoms. The maximum atomic E-state index is 11.5. The molecular weight excluding hydrogens is 204 g/mol. The number of esters is 1. The first-order valence-electron chi connectivity index (χ1n) is 6.01. The highest BCUT2D eigenvalue weighted by atomic mass is 16.5. The number of ether oxygens (including phenoxy) is 1. The SMILES string of the molecule is CCOC(=O)CN(C(CC)CC#N)C1CC1. The van der Waals surface area contributed by atoms with E-state index in [1.165, 1.54) is 0 Å². The smallest absolute Gasteiger partial charge is 0.320 e. The Hall–Kier alpha value is -1.08. The van der Waals surface area contributed by atoms with Crippen molar-refractivity contribution in [2.75, 3.05) is 13.2 Å². The predicted octanol–water partition coefficient (Wildman–Crippen LogP) is 1.71. The van der Waals surface area contributed by atoms with Gasteiger partial charge in [0.2, 0.25) is 0 Å². The van der Waals surface area contributed by atoms with Gasteiger partial charge in [-0.15, -0.1) is 0 Å². The minimum atomic E-state index is -0.175. The molecule has 0 radical (unpaired) electrons. The van der Waals surface area contributed by atoms with Gasteiger partial charge in [0.25, 0.3) is 0 Å². The van der Waals surface area contributed by atoms with Crippen LogP contribution in [0.1, 0.15) is 39.5 Å². The molecular formula is C12H20N2O2. The van der Waals surface area contributed by atoms with Gasteiger partial charge in [0.05, 0.1) is 25.6 Å². The second-order valence-electron chi connectivity index (χ2n) is 4.13. The van der Waals surface area contributed by atoms with Gasteiger partial charge < -0.3 is 4.74 Å². The molecule has 1 rings (SSSR count). The fourth-order valence-electron chi connectivity index (χ4n) is 1.92. The van der Waals surface area contributed by atoms with Gasteiger partial charge in [-0.25, -0.2) is 0 Å². The summed E-state index contributed by atoms with van der Waals surface area (Å²) in [6.07, 6.45) is 3.68. The molecule has 0 heterocycles. The Balaban J connectivity index is 2.52. The summed E-state index contributed by atoms with van der Waals surface area (Å²) in [5, 5.41) is 8.76. The van der Waals surface area contributed by atoms with E-state index in [9.17, 15) is 4.79 Å². The van der Waals surface area contributed by atoms with Gasteiger partial charge in [-0.05, 0) is 26.2 Å². The molecule has 0 aromatic rings. The molecule has 0 N–H and O–H groups in total. The standard InChI is InChI=1S/C12H20N2O2/c1-3-10(7-8-13)14(11-5-6-11)9-12(15)16-4-2/h10-11H,3-7,9H2,1-2H3. The number of carbonyl (C=O) groups excluding carboxylic acids is 1. The van der Waals surface area contributed by atoms with Crippen LogP contribution in [-0.4, -0.2) is 36.1 Å². The number of rotatable bonds is 7. The molecule has 0 aliphatic heterocycles. The number of nitrogens with zero attached hydrogens (tertiary/aromatic N) is 2. The van der Waals surface area contributed by atoms with Gasteiger partial charge in [0.15, 0.2) is 0 Å². The monoisotopic (exact) mass is 224 g/mol. The van der Waals surface area contributed by atoms with E-state index in [-0.39, 0.29) is 12.0 Å². The van der Waals surface area contributed by atoms with E-state index in [1.807, 2.05) is 6.92 Å². The molecule has 0 spiro atoms. The third kappa shape index (κ3) is 3.82. The normalized spacial score (nSPS) is 16.9. The molecule has 0 aromatic heterocycles. The second kappa shape index (κ2) is 6.49. The van der Waals surface area contributed by atoms with Crippen LogP contribution >= 0.6 is 0 Å². The second-order valence-corrected chi connectivity index (χ2v) is 4.13. The van der Waals surface area contributed by atoms with Crippen molar-refractivity contribution in [2.45, 2.75) is 51.6 Å². The van der Waals surface area contributed by atoms with Crippen LogP contribution in [0.3, 0.4) is 0 Å². The molecule has 1 aliphatic rings. The lowest BCUT2D eigenvalue weighted by molar-refractivity contribution is -0.145. The zero-order valence-electron chi connectivity index (χ0n) is 10.1. The highest BCUT2D eigenvalue weighted by Gasteiger charge is 2.34. The van der Waals surface area contributed by atoms with Crippen molar-refractivity contribution in [2.24, 2.45) is 0 Å². The molecule has 0 saturated heterocycles. The largest absolute Gasteiger partial charge is 0.465 e. The molecule has 16 heavy (non-hydrogen) atoms. The number of nitriles is 1. The fraction of sp³-hybridized carbons (Fsp3) is 0.833. The summed E-state index contributed by atoms with van der Waals surface area (Å²) in [5.41, 5.74) is 0. The van der Waals surface area contributed by atoms with Crippen molar-refractivity contribution < 1.29 is 9.53 Å². The number of carbonyl (C=O) groups is 1. The van der Waals surface area contributed by atoms with Gasteiger partial charge in [-0.2, -0.15) is 5.26 Å². The third-order valence-corrected chi connectivity index (χ3v) is 2.90. The lowest BCUT2D eigenvalue weighted by atomic mass is 10.1. The molecule has 0 amide bonds. The van der Waals surface area contributed by atoms with E-state index in [0.29, 0.717) is 25.6 Å². The van der Waals surface area contributed by atoms with Crippen LogP contribution in [0.4, 0.5) is 0 Å². The lowest BCUT2D eigenvalue weighted by Gasteiger charge is -2.28. The molecule has 1 fully saturated rings. The predicted molar refractivity (Wildman–Crippen MR) is 60.7 cm³/mol. The van der Waals surface area contributed by atoms with Crippen molar-refractivity contribution in [1.29, 1.82) is 5.26 Å². The summed E-state index contributed by atoms with van der Waals surface area (Å²) in [4.78, 5) is 13.6. The first kappa shape index (κ1) is 13.0. The highest BCUT2D eigenvalue weighted by molar-refractivity contribution is 5.71. The molecule has 1 unspecified atom stereocenters. The minimum Gasteiger partial charge on any atom is -0.465 e. The van der Waals surface area contributed by atoms with E-state index < -0.39 is 0 Å². The lowest BCUT2D eigenvalue weighted by Crippen LogP contribution is -2.40. The van der Waals surface area contributed by atoms with Crippen molar-refractivity contribution in [3.63, 3.8) is 0 Å². The molecule has 1 aliphatic carbocycles. The van der Waals surface area contributed by atoms with Gasteiger partial charge in [0.1, 0.15) is 0 Å². The van der Waals surface area contributed by atoms with Crippen molar-refractivity contribution in [1.82, 2.24) is 4.90 Å². The maximum absolute atomic E-state index is 11.5. The number of hydrogen-bond acceptors (Lipinski definition) is 4. The fourth-order valence-corrected chi connectivity index (χ4v) is 1.92. The molecule has 1 saturated carbocycles. The van der Waals surface area contributed by atoms with Crippen molar-refractivity contribution in [3.8, 4) is 6.07 Å². The van der Waals surface area contributed by atoms with Crippen LogP contribution in [-0.2, 0) is 9.53 Å². The van der Waals surface area contributed by atoms with E-state index in [0.717, 1.165) is 19.3 Å². The first-order chi connectivity index (χ1) is 7.72. The Bertz CT molecular complexity index is 269. The molecule has 90 valence electrons. The summed E-state index contributed by atoms with van der Waals surface area (Å²) < 4.78 is 4.96. The van der Waals surface area contributed by atoms with E-state index in [4.69, 9.17) is 10.00 Å². The summed E-state index contributed by atoms with van der Waals surface area (Å²) in [6.45, 7) is 4.62. The Morgan fingerprint density at radius 1 is 1.56 bits per heavy atom. The average Bonchev–Trinajstić information content (AvgIpc) is 3.07. The van der Waals surface area contributed by atoms with Crippen LogP contribution in [0.5, 0.6) is 0 Å². The Morgan fingerprint density at radius 2 is 2.25 bits per heavy atom. The third-order valence-electron chi connectivity index (χ3n) is 2.90. The molecule has 0 bridgehead atoms. The van der Waals surface area contributed by atoms with Crippen LogP contribution < -0.4 is 0 Å². The summed E-state index contributed by atoms with van der Waals surface area (Å²) in [6, 6.07) is 2.88. The minimum absolute atomic E-state index is 0.175. The van der Waals surface area contributed by atoms with Gasteiger partial charge >= 0.3 is 5.97 Å². The topological polar surface area (TPSA) is 53.3 Å². The zero-order chi connectivity index (χ0) is 12.0.